The molecule has 2 aromatic heterocycles. The van der Waals surface area contributed by atoms with E-state index in [9.17, 15) is 4.79 Å². The van der Waals surface area contributed by atoms with Crippen molar-refractivity contribution in [1.82, 2.24) is 9.97 Å². The minimum absolute atomic E-state index is 0.484. The molecule has 0 amide bonds. The van der Waals surface area contributed by atoms with Crippen LogP contribution in [0.5, 0.6) is 5.88 Å². The number of carbonyl (C=O) groups is 1. The lowest BCUT2D eigenvalue weighted by molar-refractivity contribution is 0.112. The second kappa shape index (κ2) is 5.33. The van der Waals surface area contributed by atoms with Crippen LogP contribution in [0.4, 0.5) is 0 Å². The molecule has 1 aromatic carbocycles. The maximum absolute atomic E-state index is 11.6. The number of fused-ring (bicyclic) bond motifs is 1. The van der Waals surface area contributed by atoms with Gasteiger partial charge in [0.25, 0.3) is 0 Å². The molecule has 106 valence electrons. The average Bonchev–Trinajstić information content (AvgIpc) is 2.87. The highest BCUT2D eigenvalue weighted by Crippen LogP contribution is 2.36. The molecule has 0 aliphatic rings. The van der Waals surface area contributed by atoms with Crippen molar-refractivity contribution >= 4 is 33.1 Å². The molecular weight excluding hydrogens is 332 g/mol. The average molecular weight is 345 g/mol. The molecule has 0 aliphatic carbocycles. The molecule has 2 heterocycles. The van der Waals surface area contributed by atoms with E-state index in [1.54, 1.807) is 13.3 Å². The van der Waals surface area contributed by atoms with Gasteiger partial charge >= 0.3 is 0 Å². The molecule has 0 radical (unpaired) electrons. The van der Waals surface area contributed by atoms with Crippen LogP contribution >= 0.6 is 15.9 Å². The zero-order valence-corrected chi connectivity index (χ0v) is 13.2. The number of benzene rings is 1. The first-order chi connectivity index (χ1) is 10.2. The van der Waals surface area contributed by atoms with Gasteiger partial charge in [-0.2, -0.15) is 0 Å². The van der Waals surface area contributed by atoms with Crippen molar-refractivity contribution < 1.29 is 9.53 Å². The number of carbonyl (C=O) groups excluding carboxylic acids is 1. The summed E-state index contributed by atoms with van der Waals surface area (Å²) in [4.78, 5) is 19.1. The summed E-state index contributed by atoms with van der Waals surface area (Å²) >= 11 is 3.48. The fourth-order valence-corrected chi connectivity index (χ4v) is 3.03. The molecule has 4 nitrogen and oxygen atoms in total. The Bertz CT molecular complexity index is 840. The highest BCUT2D eigenvalue weighted by molar-refractivity contribution is 9.10. The van der Waals surface area contributed by atoms with E-state index in [1.807, 2.05) is 31.2 Å². The summed E-state index contributed by atoms with van der Waals surface area (Å²) in [5.41, 5.74) is 4.32. The number of hydrogen-bond acceptors (Lipinski definition) is 3. The van der Waals surface area contributed by atoms with E-state index in [0.717, 1.165) is 34.0 Å². The number of rotatable bonds is 3. The molecular formula is C16H13BrN2O2. The van der Waals surface area contributed by atoms with Gasteiger partial charge in [0.1, 0.15) is 4.47 Å². The summed E-state index contributed by atoms with van der Waals surface area (Å²) in [6.07, 6.45) is 2.52. The molecule has 3 rings (SSSR count). The maximum Gasteiger partial charge on any atom is 0.229 e. The highest BCUT2D eigenvalue weighted by Gasteiger charge is 2.18. The summed E-state index contributed by atoms with van der Waals surface area (Å²) in [5, 5.41) is 0.774. The smallest absolute Gasteiger partial charge is 0.229 e. The first-order valence-electron chi connectivity index (χ1n) is 6.42. The number of aromatic nitrogens is 2. The number of hydrogen-bond donors (Lipinski definition) is 1. The van der Waals surface area contributed by atoms with Crippen LogP contribution in [0.1, 0.15) is 15.9 Å². The Hall–Kier alpha value is -2.14. The lowest BCUT2D eigenvalue weighted by Crippen LogP contribution is -1.89. The molecule has 5 heteroatoms. The molecule has 0 spiro atoms. The van der Waals surface area contributed by atoms with Gasteiger partial charge in [-0.1, -0.05) is 24.3 Å². The number of aryl methyl sites for hydroxylation is 1. The van der Waals surface area contributed by atoms with Gasteiger partial charge in [0.2, 0.25) is 5.88 Å². The summed E-state index contributed by atoms with van der Waals surface area (Å²) in [6.45, 7) is 2.02. The molecule has 1 N–H and O–H groups in total. The lowest BCUT2D eigenvalue weighted by Gasteiger charge is -2.03. The van der Waals surface area contributed by atoms with E-state index in [0.29, 0.717) is 15.9 Å². The Balaban J connectivity index is 2.37. The Labute approximate surface area is 130 Å². The SMILES string of the molecule is COc1ncc2c(C=O)c(-c3ccccc3C)[nH]c2c1Br. The Kier molecular flexibility index (Phi) is 3.51. The first-order valence-corrected chi connectivity index (χ1v) is 7.22. The zero-order chi connectivity index (χ0) is 15.0. The molecule has 0 fully saturated rings. The number of aldehydes is 1. The standard InChI is InChI=1S/C16H13BrN2O2/c1-9-5-3-4-6-10(9)14-12(8-20)11-7-18-16(21-2)13(17)15(11)19-14/h3-8,19H,1-2H3. The van der Waals surface area contributed by atoms with E-state index >= 15 is 0 Å². The third kappa shape index (κ3) is 2.14. The van der Waals surface area contributed by atoms with Crippen molar-refractivity contribution in [1.29, 1.82) is 0 Å². The first kappa shape index (κ1) is 13.8. The van der Waals surface area contributed by atoms with Crippen LogP contribution in [0.3, 0.4) is 0 Å². The van der Waals surface area contributed by atoms with Gasteiger partial charge in [0.05, 0.1) is 18.3 Å². The third-order valence-corrected chi connectivity index (χ3v) is 4.26. The molecule has 0 unspecified atom stereocenters. The monoisotopic (exact) mass is 344 g/mol. The minimum Gasteiger partial charge on any atom is -0.480 e. The highest BCUT2D eigenvalue weighted by atomic mass is 79.9. The van der Waals surface area contributed by atoms with Gasteiger partial charge in [-0.15, -0.1) is 0 Å². The molecule has 0 saturated heterocycles. The van der Waals surface area contributed by atoms with Crippen LogP contribution in [-0.4, -0.2) is 23.4 Å². The summed E-state index contributed by atoms with van der Waals surface area (Å²) < 4.78 is 5.91. The van der Waals surface area contributed by atoms with Crippen LogP contribution in [0, 0.1) is 6.92 Å². The van der Waals surface area contributed by atoms with E-state index in [2.05, 4.69) is 25.9 Å². The second-order valence-corrected chi connectivity index (χ2v) is 5.51. The van der Waals surface area contributed by atoms with Crippen LogP contribution in [0.2, 0.25) is 0 Å². The fraction of sp³-hybridized carbons (Fsp3) is 0.125. The quantitative estimate of drug-likeness (QED) is 0.727. The second-order valence-electron chi connectivity index (χ2n) is 4.72. The van der Waals surface area contributed by atoms with Crippen molar-refractivity contribution in [2.24, 2.45) is 0 Å². The number of halogens is 1. The van der Waals surface area contributed by atoms with Crippen molar-refractivity contribution in [2.75, 3.05) is 7.11 Å². The lowest BCUT2D eigenvalue weighted by atomic mass is 10.0. The number of nitrogens with one attached hydrogen (secondary N) is 1. The number of methoxy groups -OCH3 is 1. The maximum atomic E-state index is 11.6. The minimum atomic E-state index is 0.484. The molecule has 21 heavy (non-hydrogen) atoms. The van der Waals surface area contributed by atoms with Gasteiger partial charge in [-0.05, 0) is 28.4 Å². The van der Waals surface area contributed by atoms with Crippen LogP contribution in [0.15, 0.2) is 34.9 Å². The number of pyridine rings is 1. The number of H-pyrrole nitrogens is 1. The fourth-order valence-electron chi connectivity index (χ4n) is 2.45. The van der Waals surface area contributed by atoms with Gasteiger partial charge in [-0.25, -0.2) is 4.98 Å². The van der Waals surface area contributed by atoms with Crippen molar-refractivity contribution in [3.63, 3.8) is 0 Å². The number of ether oxygens (including phenoxy) is 1. The number of aromatic amines is 1. The van der Waals surface area contributed by atoms with Crippen molar-refractivity contribution in [2.45, 2.75) is 6.92 Å². The van der Waals surface area contributed by atoms with E-state index in [-0.39, 0.29) is 0 Å². The predicted molar refractivity (Wildman–Crippen MR) is 85.9 cm³/mol. The molecule has 0 bridgehead atoms. The molecule has 0 saturated carbocycles. The van der Waals surface area contributed by atoms with Crippen LogP contribution < -0.4 is 4.74 Å². The molecule has 3 aromatic rings. The van der Waals surface area contributed by atoms with Crippen LogP contribution in [-0.2, 0) is 0 Å². The van der Waals surface area contributed by atoms with Gasteiger partial charge < -0.3 is 9.72 Å². The van der Waals surface area contributed by atoms with Gasteiger partial charge in [0, 0.05) is 22.7 Å². The Morgan fingerprint density at radius 3 is 2.76 bits per heavy atom. The summed E-state index contributed by atoms with van der Waals surface area (Å²) in [5.74, 6) is 0.484. The van der Waals surface area contributed by atoms with Gasteiger partial charge in [-0.3, -0.25) is 4.79 Å². The predicted octanol–water partition coefficient (Wildman–Crippen LogP) is 4.12. The molecule has 0 aliphatic heterocycles. The third-order valence-electron chi connectivity index (χ3n) is 3.52. The Morgan fingerprint density at radius 2 is 2.10 bits per heavy atom. The van der Waals surface area contributed by atoms with Crippen molar-refractivity contribution in [3.05, 3.63) is 46.1 Å². The zero-order valence-electron chi connectivity index (χ0n) is 11.6. The number of nitrogens with zero attached hydrogens (tertiary/aromatic N) is 1. The topological polar surface area (TPSA) is 55.0 Å². The van der Waals surface area contributed by atoms with E-state index in [4.69, 9.17) is 4.74 Å². The summed E-state index contributed by atoms with van der Waals surface area (Å²) in [6, 6.07) is 7.94. The van der Waals surface area contributed by atoms with Crippen LogP contribution in [0.25, 0.3) is 22.2 Å². The summed E-state index contributed by atoms with van der Waals surface area (Å²) in [7, 11) is 1.56. The van der Waals surface area contributed by atoms with E-state index in [1.165, 1.54) is 0 Å². The van der Waals surface area contributed by atoms with Crippen molar-refractivity contribution in [3.8, 4) is 17.1 Å². The largest absolute Gasteiger partial charge is 0.480 e. The Morgan fingerprint density at radius 1 is 1.33 bits per heavy atom. The van der Waals surface area contributed by atoms with E-state index < -0.39 is 0 Å². The van der Waals surface area contributed by atoms with Gasteiger partial charge in [0.15, 0.2) is 6.29 Å². The normalized spacial score (nSPS) is 10.8. The molecule has 0 atom stereocenters.